The molecule has 0 N–H and O–H groups in total. The van der Waals surface area contributed by atoms with Gasteiger partial charge in [0.05, 0.1) is 17.9 Å². The van der Waals surface area contributed by atoms with Gasteiger partial charge in [-0.2, -0.15) is 0 Å². The lowest BCUT2D eigenvalue weighted by atomic mass is 10.1. The molecule has 0 aliphatic carbocycles. The summed E-state index contributed by atoms with van der Waals surface area (Å²) in [5.41, 5.74) is 1.86. The minimum atomic E-state index is 0.0758. The molecule has 3 rings (SSSR count). The number of furan rings is 1. The molecule has 1 aliphatic heterocycles. The summed E-state index contributed by atoms with van der Waals surface area (Å²) in [6, 6.07) is 6.07. The summed E-state index contributed by atoms with van der Waals surface area (Å²) >= 11 is 0. The number of hydrogen-bond acceptors (Lipinski definition) is 2. The predicted octanol–water partition coefficient (Wildman–Crippen LogP) is 3.38. The Balaban J connectivity index is 1.92. The Kier molecular flexibility index (Phi) is 3.63. The molecule has 1 unspecified atom stereocenters. The summed E-state index contributed by atoms with van der Waals surface area (Å²) in [7, 11) is 2.04. The SMILES string of the molecule is Cn1cccc1C1CCCCCN1C(=O)c1ccoc1. The van der Waals surface area contributed by atoms with Crippen LogP contribution in [0.5, 0.6) is 0 Å². The number of hydrogen-bond donors (Lipinski definition) is 0. The zero-order chi connectivity index (χ0) is 13.9. The highest BCUT2D eigenvalue weighted by Gasteiger charge is 2.29. The minimum absolute atomic E-state index is 0.0758. The standard InChI is InChI=1S/C16H20N2O2/c1-17-9-5-7-14(17)15-6-3-2-4-10-18(15)16(19)13-8-11-20-12-13/h5,7-9,11-12,15H,2-4,6,10H2,1H3. The second-order valence-electron chi connectivity index (χ2n) is 5.42. The monoisotopic (exact) mass is 272 g/mol. The summed E-state index contributed by atoms with van der Waals surface area (Å²) in [6.45, 7) is 0.819. The molecular formula is C16H20N2O2. The topological polar surface area (TPSA) is 38.4 Å². The van der Waals surface area contributed by atoms with E-state index in [0.29, 0.717) is 5.56 Å². The van der Waals surface area contributed by atoms with Crippen LogP contribution in [-0.2, 0) is 7.05 Å². The fraction of sp³-hybridized carbons (Fsp3) is 0.438. The van der Waals surface area contributed by atoms with Crippen LogP contribution in [0.4, 0.5) is 0 Å². The Hall–Kier alpha value is -1.97. The number of likely N-dealkylation sites (tertiary alicyclic amines) is 1. The van der Waals surface area contributed by atoms with Gasteiger partial charge in [0.25, 0.3) is 5.91 Å². The maximum atomic E-state index is 12.7. The first kappa shape index (κ1) is 13.0. The van der Waals surface area contributed by atoms with Gasteiger partial charge in [0.2, 0.25) is 0 Å². The molecule has 106 valence electrons. The van der Waals surface area contributed by atoms with Gasteiger partial charge in [0.15, 0.2) is 0 Å². The van der Waals surface area contributed by atoms with E-state index < -0.39 is 0 Å². The fourth-order valence-corrected chi connectivity index (χ4v) is 3.03. The van der Waals surface area contributed by atoms with Crippen molar-refractivity contribution in [2.75, 3.05) is 6.54 Å². The minimum Gasteiger partial charge on any atom is -0.472 e. The molecule has 0 radical (unpaired) electrons. The van der Waals surface area contributed by atoms with Gasteiger partial charge in [-0.05, 0) is 31.0 Å². The van der Waals surface area contributed by atoms with Gasteiger partial charge in [-0.1, -0.05) is 12.8 Å². The molecule has 0 bridgehead atoms. The first-order valence-corrected chi connectivity index (χ1v) is 7.22. The Morgan fingerprint density at radius 2 is 2.20 bits per heavy atom. The van der Waals surface area contributed by atoms with Crippen LogP contribution < -0.4 is 0 Å². The number of aryl methyl sites for hydroxylation is 1. The summed E-state index contributed by atoms with van der Waals surface area (Å²) in [5, 5.41) is 0. The van der Waals surface area contributed by atoms with Gasteiger partial charge in [0.1, 0.15) is 6.26 Å². The molecule has 20 heavy (non-hydrogen) atoms. The van der Waals surface area contributed by atoms with Crippen molar-refractivity contribution in [2.24, 2.45) is 7.05 Å². The first-order valence-electron chi connectivity index (χ1n) is 7.22. The zero-order valence-electron chi connectivity index (χ0n) is 11.8. The molecule has 1 aliphatic rings. The van der Waals surface area contributed by atoms with Crippen molar-refractivity contribution in [2.45, 2.75) is 31.7 Å². The lowest BCUT2D eigenvalue weighted by molar-refractivity contribution is 0.0674. The van der Waals surface area contributed by atoms with E-state index in [1.807, 2.05) is 24.2 Å². The Morgan fingerprint density at radius 3 is 2.90 bits per heavy atom. The number of rotatable bonds is 2. The van der Waals surface area contributed by atoms with E-state index in [9.17, 15) is 4.79 Å². The van der Waals surface area contributed by atoms with Crippen LogP contribution in [0.3, 0.4) is 0 Å². The van der Waals surface area contributed by atoms with Crippen molar-refractivity contribution in [3.63, 3.8) is 0 Å². The Bertz CT molecular complexity index is 571. The first-order chi connectivity index (χ1) is 9.77. The van der Waals surface area contributed by atoms with E-state index in [2.05, 4.69) is 10.6 Å². The van der Waals surface area contributed by atoms with E-state index in [-0.39, 0.29) is 11.9 Å². The smallest absolute Gasteiger partial charge is 0.257 e. The van der Waals surface area contributed by atoms with Crippen LogP contribution in [0.15, 0.2) is 41.3 Å². The summed E-state index contributed by atoms with van der Waals surface area (Å²) in [5.74, 6) is 0.0758. The van der Waals surface area contributed by atoms with Crippen LogP contribution in [0.1, 0.15) is 47.8 Å². The quantitative estimate of drug-likeness (QED) is 0.840. The molecule has 4 heteroatoms. The number of amides is 1. The number of carbonyl (C=O) groups excluding carboxylic acids is 1. The third-order valence-corrected chi connectivity index (χ3v) is 4.11. The Labute approximate surface area is 119 Å². The summed E-state index contributed by atoms with van der Waals surface area (Å²) < 4.78 is 7.17. The maximum absolute atomic E-state index is 12.7. The normalized spacial score (nSPS) is 19.9. The molecule has 0 aromatic carbocycles. The van der Waals surface area contributed by atoms with Crippen LogP contribution >= 0.6 is 0 Å². The van der Waals surface area contributed by atoms with Crippen LogP contribution in [0, 0.1) is 0 Å². The van der Waals surface area contributed by atoms with E-state index in [0.717, 1.165) is 19.4 Å². The van der Waals surface area contributed by atoms with Gasteiger partial charge >= 0.3 is 0 Å². The van der Waals surface area contributed by atoms with Crippen LogP contribution in [0.25, 0.3) is 0 Å². The van der Waals surface area contributed by atoms with E-state index in [4.69, 9.17) is 4.42 Å². The molecule has 1 saturated heterocycles. The molecule has 1 atom stereocenters. The summed E-state index contributed by atoms with van der Waals surface area (Å²) in [4.78, 5) is 14.7. The third kappa shape index (κ3) is 2.38. The molecule has 2 aromatic heterocycles. The molecule has 0 saturated carbocycles. The van der Waals surface area contributed by atoms with Gasteiger partial charge in [0, 0.05) is 25.5 Å². The van der Waals surface area contributed by atoms with Crippen LogP contribution in [0.2, 0.25) is 0 Å². The highest BCUT2D eigenvalue weighted by Crippen LogP contribution is 2.31. The van der Waals surface area contributed by atoms with Crippen molar-refractivity contribution in [1.29, 1.82) is 0 Å². The highest BCUT2D eigenvalue weighted by atomic mass is 16.3. The number of aromatic nitrogens is 1. The van der Waals surface area contributed by atoms with Gasteiger partial charge in [-0.3, -0.25) is 4.79 Å². The van der Waals surface area contributed by atoms with E-state index in [1.54, 1.807) is 12.3 Å². The van der Waals surface area contributed by atoms with E-state index in [1.165, 1.54) is 24.8 Å². The third-order valence-electron chi connectivity index (χ3n) is 4.11. The molecule has 0 spiro atoms. The Morgan fingerprint density at radius 1 is 1.30 bits per heavy atom. The average Bonchev–Trinajstić information content (AvgIpc) is 3.05. The van der Waals surface area contributed by atoms with Crippen molar-refractivity contribution in [3.05, 3.63) is 48.2 Å². The zero-order valence-corrected chi connectivity index (χ0v) is 11.8. The molecule has 1 amide bonds. The average molecular weight is 272 g/mol. The second kappa shape index (κ2) is 5.57. The highest BCUT2D eigenvalue weighted by molar-refractivity contribution is 5.94. The van der Waals surface area contributed by atoms with Crippen molar-refractivity contribution in [3.8, 4) is 0 Å². The molecule has 3 heterocycles. The van der Waals surface area contributed by atoms with E-state index >= 15 is 0 Å². The lowest BCUT2D eigenvalue weighted by Crippen LogP contribution is -2.35. The molecular weight excluding hydrogens is 252 g/mol. The number of carbonyl (C=O) groups is 1. The van der Waals surface area contributed by atoms with Crippen molar-refractivity contribution >= 4 is 5.91 Å². The van der Waals surface area contributed by atoms with Crippen molar-refractivity contribution < 1.29 is 9.21 Å². The molecule has 2 aromatic rings. The molecule has 4 nitrogen and oxygen atoms in total. The maximum Gasteiger partial charge on any atom is 0.257 e. The fourth-order valence-electron chi connectivity index (χ4n) is 3.03. The van der Waals surface area contributed by atoms with Crippen molar-refractivity contribution in [1.82, 2.24) is 9.47 Å². The van der Waals surface area contributed by atoms with Gasteiger partial charge in [-0.25, -0.2) is 0 Å². The summed E-state index contributed by atoms with van der Waals surface area (Å²) in [6.07, 6.45) is 9.60. The molecule has 1 fully saturated rings. The van der Waals surface area contributed by atoms with Gasteiger partial charge in [-0.15, -0.1) is 0 Å². The van der Waals surface area contributed by atoms with Crippen LogP contribution in [-0.4, -0.2) is 21.9 Å². The second-order valence-corrected chi connectivity index (χ2v) is 5.42. The number of nitrogens with zero attached hydrogens (tertiary/aromatic N) is 2. The lowest BCUT2D eigenvalue weighted by Gasteiger charge is -2.30. The van der Waals surface area contributed by atoms with Gasteiger partial charge < -0.3 is 13.9 Å². The largest absolute Gasteiger partial charge is 0.472 e. The predicted molar refractivity (Wildman–Crippen MR) is 76.4 cm³/mol.